The molecule has 7 nitrogen and oxygen atoms in total. The smallest absolute Gasteiger partial charge is 0.264 e. The Morgan fingerprint density at radius 1 is 1.03 bits per heavy atom. The van der Waals surface area contributed by atoms with Gasteiger partial charge in [0.25, 0.3) is 10.0 Å². The molecule has 1 atom stereocenters. The standard InChI is InChI=1S/C28H31ClFN3O4S/c1-4-16-31-28(35)21(3)32(18-22-8-7-9-23(29)17-22)27(34)19-33(26-11-6-5-10-25(26)30)38(36,37)24-14-12-20(2)13-15-24/h5-15,17,21H,4,16,18-19H2,1-3H3,(H,31,35)/t21-/m0/s1. The van der Waals surface area contributed by atoms with Gasteiger partial charge in [0.05, 0.1) is 10.6 Å². The second-order valence-electron chi connectivity index (χ2n) is 8.89. The lowest BCUT2D eigenvalue weighted by Crippen LogP contribution is -2.51. The van der Waals surface area contributed by atoms with Crippen molar-refractivity contribution in [3.8, 4) is 0 Å². The average Bonchev–Trinajstić information content (AvgIpc) is 2.89. The second-order valence-corrected chi connectivity index (χ2v) is 11.2. The van der Waals surface area contributed by atoms with Crippen LogP contribution in [0.25, 0.3) is 0 Å². The predicted molar refractivity (Wildman–Crippen MR) is 147 cm³/mol. The number of carbonyl (C=O) groups is 2. The highest BCUT2D eigenvalue weighted by Gasteiger charge is 2.33. The Morgan fingerprint density at radius 2 is 1.71 bits per heavy atom. The van der Waals surface area contributed by atoms with Crippen molar-refractivity contribution < 1.29 is 22.4 Å². The van der Waals surface area contributed by atoms with Crippen LogP contribution in [-0.2, 0) is 26.2 Å². The van der Waals surface area contributed by atoms with Crippen LogP contribution in [0.1, 0.15) is 31.4 Å². The molecule has 10 heteroatoms. The molecule has 0 radical (unpaired) electrons. The van der Waals surface area contributed by atoms with Gasteiger partial charge in [0.2, 0.25) is 11.8 Å². The van der Waals surface area contributed by atoms with Crippen molar-refractivity contribution in [2.24, 2.45) is 0 Å². The Hall–Kier alpha value is -3.43. The summed E-state index contributed by atoms with van der Waals surface area (Å²) in [6.07, 6.45) is 0.705. The third-order valence-corrected chi connectivity index (χ3v) is 7.98. The van der Waals surface area contributed by atoms with E-state index in [9.17, 15) is 22.4 Å². The number of hydrogen-bond acceptors (Lipinski definition) is 4. The minimum absolute atomic E-state index is 0.00417. The van der Waals surface area contributed by atoms with Crippen LogP contribution >= 0.6 is 11.6 Å². The number of nitrogens with one attached hydrogen (secondary N) is 1. The van der Waals surface area contributed by atoms with Gasteiger partial charge >= 0.3 is 0 Å². The molecule has 38 heavy (non-hydrogen) atoms. The van der Waals surface area contributed by atoms with E-state index in [1.165, 1.54) is 35.2 Å². The third kappa shape index (κ3) is 7.11. The van der Waals surface area contributed by atoms with E-state index in [0.29, 0.717) is 23.6 Å². The van der Waals surface area contributed by atoms with Crippen molar-refractivity contribution >= 4 is 39.1 Å². The first-order chi connectivity index (χ1) is 18.0. The number of anilines is 1. The molecule has 0 saturated carbocycles. The van der Waals surface area contributed by atoms with Gasteiger partial charge in [-0.2, -0.15) is 0 Å². The monoisotopic (exact) mass is 559 g/mol. The number of benzene rings is 3. The molecule has 0 bridgehead atoms. The zero-order chi connectivity index (χ0) is 27.9. The maximum atomic E-state index is 14.9. The van der Waals surface area contributed by atoms with E-state index in [2.05, 4.69) is 5.32 Å². The largest absolute Gasteiger partial charge is 0.354 e. The summed E-state index contributed by atoms with van der Waals surface area (Å²) >= 11 is 6.13. The van der Waals surface area contributed by atoms with Crippen molar-refractivity contribution in [3.63, 3.8) is 0 Å². The summed E-state index contributed by atoms with van der Waals surface area (Å²) in [6.45, 7) is 4.98. The van der Waals surface area contributed by atoms with E-state index < -0.39 is 34.3 Å². The average molecular weight is 560 g/mol. The van der Waals surface area contributed by atoms with Crippen LogP contribution in [0.5, 0.6) is 0 Å². The number of aryl methyl sites for hydroxylation is 1. The number of rotatable bonds is 11. The molecule has 3 aromatic carbocycles. The van der Waals surface area contributed by atoms with Gasteiger partial charge in [-0.3, -0.25) is 13.9 Å². The summed E-state index contributed by atoms with van der Waals surface area (Å²) < 4.78 is 43.0. The Morgan fingerprint density at radius 3 is 2.34 bits per heavy atom. The van der Waals surface area contributed by atoms with Crippen molar-refractivity contribution in [2.75, 3.05) is 17.4 Å². The van der Waals surface area contributed by atoms with Gasteiger partial charge in [0, 0.05) is 18.1 Å². The van der Waals surface area contributed by atoms with Crippen LogP contribution in [0.15, 0.2) is 77.7 Å². The van der Waals surface area contributed by atoms with E-state index in [-0.39, 0.29) is 23.0 Å². The maximum Gasteiger partial charge on any atom is 0.264 e. The van der Waals surface area contributed by atoms with Gasteiger partial charge in [0.15, 0.2) is 0 Å². The van der Waals surface area contributed by atoms with Gasteiger partial charge in [-0.15, -0.1) is 0 Å². The zero-order valence-electron chi connectivity index (χ0n) is 21.5. The van der Waals surface area contributed by atoms with Crippen LogP contribution in [0.2, 0.25) is 5.02 Å². The number of halogens is 2. The molecule has 1 N–H and O–H groups in total. The van der Waals surface area contributed by atoms with Gasteiger partial charge in [-0.25, -0.2) is 12.8 Å². The maximum absolute atomic E-state index is 14.9. The van der Waals surface area contributed by atoms with Gasteiger partial charge in [-0.05, 0) is 62.2 Å². The minimum atomic E-state index is -4.34. The number of hydrogen-bond donors (Lipinski definition) is 1. The fraction of sp³-hybridized carbons (Fsp3) is 0.286. The topological polar surface area (TPSA) is 86.8 Å². The summed E-state index contributed by atoms with van der Waals surface area (Å²) in [4.78, 5) is 27.8. The molecule has 3 rings (SSSR count). The van der Waals surface area contributed by atoms with Crippen LogP contribution in [0.4, 0.5) is 10.1 Å². The molecule has 0 saturated heterocycles. The van der Waals surface area contributed by atoms with E-state index in [1.54, 1.807) is 43.3 Å². The molecule has 0 fully saturated rings. The first kappa shape index (κ1) is 29.1. The van der Waals surface area contributed by atoms with Crippen molar-refractivity contribution in [3.05, 3.63) is 94.8 Å². The Bertz CT molecular complexity index is 1380. The lowest BCUT2D eigenvalue weighted by Gasteiger charge is -2.32. The number of para-hydroxylation sites is 1. The molecule has 0 aliphatic heterocycles. The number of amides is 2. The van der Waals surface area contributed by atoms with Crippen molar-refractivity contribution in [2.45, 2.75) is 44.7 Å². The molecule has 0 spiro atoms. The predicted octanol–water partition coefficient (Wildman–Crippen LogP) is 4.93. The first-order valence-electron chi connectivity index (χ1n) is 12.2. The summed E-state index contributed by atoms with van der Waals surface area (Å²) in [5.74, 6) is -1.87. The molecule has 0 heterocycles. The van der Waals surface area contributed by atoms with Crippen LogP contribution in [-0.4, -0.2) is 44.3 Å². The second kappa shape index (κ2) is 12.9. The number of sulfonamides is 1. The summed E-state index contributed by atoms with van der Waals surface area (Å²) in [6, 6.07) is 17.3. The van der Waals surface area contributed by atoms with Gasteiger partial charge in [-0.1, -0.05) is 60.5 Å². The van der Waals surface area contributed by atoms with Crippen LogP contribution in [0.3, 0.4) is 0 Å². The molecule has 3 aromatic rings. The van der Waals surface area contributed by atoms with Crippen molar-refractivity contribution in [1.82, 2.24) is 10.2 Å². The molecule has 0 aromatic heterocycles. The molecular formula is C28H31ClFN3O4S. The Labute approximate surface area is 228 Å². The summed E-state index contributed by atoms with van der Waals surface area (Å²) in [7, 11) is -4.34. The SMILES string of the molecule is CCCNC(=O)[C@H](C)N(Cc1cccc(Cl)c1)C(=O)CN(c1ccccc1F)S(=O)(=O)c1ccc(C)cc1. The highest BCUT2D eigenvalue weighted by Crippen LogP contribution is 2.27. The normalized spacial score (nSPS) is 12.0. The fourth-order valence-electron chi connectivity index (χ4n) is 3.82. The van der Waals surface area contributed by atoms with Gasteiger partial charge < -0.3 is 10.2 Å². The lowest BCUT2D eigenvalue weighted by molar-refractivity contribution is -0.139. The molecular weight excluding hydrogens is 529 g/mol. The number of nitrogens with zero attached hydrogens (tertiary/aromatic N) is 2. The first-order valence-corrected chi connectivity index (χ1v) is 14.0. The van der Waals surface area contributed by atoms with E-state index in [4.69, 9.17) is 11.6 Å². The molecule has 202 valence electrons. The van der Waals surface area contributed by atoms with Crippen LogP contribution < -0.4 is 9.62 Å². The number of carbonyl (C=O) groups excluding carboxylic acids is 2. The minimum Gasteiger partial charge on any atom is -0.354 e. The Kier molecular flexibility index (Phi) is 9.88. The molecule has 0 aliphatic rings. The van der Waals surface area contributed by atoms with Crippen molar-refractivity contribution in [1.29, 1.82) is 0 Å². The highest BCUT2D eigenvalue weighted by atomic mass is 35.5. The van der Waals surface area contributed by atoms with E-state index in [1.807, 2.05) is 13.8 Å². The molecule has 0 aliphatic carbocycles. The zero-order valence-corrected chi connectivity index (χ0v) is 23.1. The molecule has 2 amide bonds. The van der Waals surface area contributed by atoms with Crippen LogP contribution in [0, 0.1) is 12.7 Å². The summed E-state index contributed by atoms with van der Waals surface area (Å²) in [5, 5.41) is 3.22. The van der Waals surface area contributed by atoms with E-state index >= 15 is 0 Å². The van der Waals surface area contributed by atoms with Gasteiger partial charge in [0.1, 0.15) is 18.4 Å². The van der Waals surface area contributed by atoms with E-state index in [0.717, 1.165) is 15.9 Å². The highest BCUT2D eigenvalue weighted by molar-refractivity contribution is 7.92. The summed E-state index contributed by atoms with van der Waals surface area (Å²) in [5.41, 5.74) is 1.23. The third-order valence-electron chi connectivity index (χ3n) is 5.97. The lowest BCUT2D eigenvalue weighted by atomic mass is 10.1. The fourth-order valence-corrected chi connectivity index (χ4v) is 5.45. The molecule has 0 unspecified atom stereocenters. The quantitative estimate of drug-likeness (QED) is 0.361. The Balaban J connectivity index is 2.03.